The number of ether oxygens (including phenoxy) is 2. The van der Waals surface area contributed by atoms with Crippen LogP contribution in [-0.2, 0) is 24.0 Å². The lowest BCUT2D eigenvalue weighted by Crippen LogP contribution is -2.47. The van der Waals surface area contributed by atoms with Gasteiger partial charge in [0.05, 0.1) is 11.4 Å². The van der Waals surface area contributed by atoms with Crippen molar-refractivity contribution in [3.05, 3.63) is 262 Å². The summed E-state index contributed by atoms with van der Waals surface area (Å²) in [7, 11) is 0. The maximum atomic E-state index is 6.43. The lowest BCUT2D eigenvalue weighted by atomic mass is 9.61. The second-order valence-corrected chi connectivity index (χ2v) is 26.1. The Hall–Kier alpha value is -10.7. The molecule has 0 saturated heterocycles. The van der Waals surface area contributed by atoms with Gasteiger partial charge in [0.15, 0.2) is 0 Å². The van der Waals surface area contributed by atoms with Crippen LogP contribution in [0.15, 0.2) is 216 Å². The predicted molar refractivity (Wildman–Crippen MR) is 395 cm³/mol. The fourth-order valence-corrected chi connectivity index (χ4v) is 16.3. The highest BCUT2D eigenvalue weighted by atomic mass is 16.5. The summed E-state index contributed by atoms with van der Waals surface area (Å²) in [6.45, 7) is 20.0. The van der Waals surface area contributed by atoms with Crippen LogP contribution in [0.3, 0.4) is 0 Å². The van der Waals surface area contributed by atoms with E-state index in [0.717, 1.165) is 123 Å². The van der Waals surface area contributed by atoms with Gasteiger partial charge in [-0.2, -0.15) is 10.2 Å². The summed E-state index contributed by atoms with van der Waals surface area (Å²) in [5, 5.41) is 9.18. The van der Waals surface area contributed by atoms with Gasteiger partial charge in [-0.1, -0.05) is 126 Å². The van der Waals surface area contributed by atoms with Crippen LogP contribution in [0.4, 0.5) is 79.6 Å². The Bertz CT molecular complexity index is 4100. The van der Waals surface area contributed by atoms with Gasteiger partial charge in [-0.15, -0.1) is 0 Å². The van der Waals surface area contributed by atoms with Crippen molar-refractivity contribution in [1.29, 1.82) is 0 Å². The van der Waals surface area contributed by atoms with Gasteiger partial charge in [-0.3, -0.25) is 0 Å². The summed E-state index contributed by atoms with van der Waals surface area (Å²) in [6.07, 6.45) is 6.18. The van der Waals surface area contributed by atoms with Crippen molar-refractivity contribution >= 4 is 79.6 Å². The average molecular weight is 1260 g/mol. The van der Waals surface area contributed by atoms with Crippen LogP contribution in [0.25, 0.3) is 0 Å². The number of rotatable bonds is 20. The number of hydrogen-bond acceptors (Lipinski definition) is 10. The maximum absolute atomic E-state index is 6.43. The van der Waals surface area contributed by atoms with Gasteiger partial charge in [-0.25, -0.2) is 0 Å². The van der Waals surface area contributed by atoms with Crippen molar-refractivity contribution in [3.63, 3.8) is 0 Å². The third-order valence-electron chi connectivity index (χ3n) is 20.0. The van der Waals surface area contributed by atoms with Crippen LogP contribution in [0, 0.1) is 23.7 Å². The van der Waals surface area contributed by atoms with Crippen LogP contribution < -0.4 is 38.9 Å². The second kappa shape index (κ2) is 24.9. The quantitative estimate of drug-likeness (QED) is 0.0553. The van der Waals surface area contributed by atoms with Crippen LogP contribution in [0.5, 0.6) is 11.5 Å². The summed E-state index contributed by atoms with van der Waals surface area (Å²) >= 11 is 0. The van der Waals surface area contributed by atoms with Gasteiger partial charge >= 0.3 is 0 Å². The van der Waals surface area contributed by atoms with E-state index in [-0.39, 0.29) is 0 Å². The van der Waals surface area contributed by atoms with Crippen LogP contribution in [0.2, 0.25) is 0 Å². The van der Waals surface area contributed by atoms with Gasteiger partial charge in [0, 0.05) is 152 Å². The van der Waals surface area contributed by atoms with Crippen LogP contribution in [0.1, 0.15) is 136 Å². The highest BCUT2D eigenvalue weighted by Gasteiger charge is 2.57. The van der Waals surface area contributed by atoms with E-state index < -0.39 is 10.8 Å². The van der Waals surface area contributed by atoms with E-state index in [4.69, 9.17) is 9.47 Å². The molecular weight excluding hydrogens is 1180 g/mol. The van der Waals surface area contributed by atoms with E-state index in [9.17, 15) is 0 Å². The summed E-state index contributed by atoms with van der Waals surface area (Å²) in [5.41, 5.74) is 26.9. The zero-order chi connectivity index (χ0) is 65.1. The van der Waals surface area contributed by atoms with E-state index >= 15 is 0 Å². The Kier molecular flexibility index (Phi) is 15.6. The number of nitrogens with zero attached hydrogens (tertiary/aromatic N) is 8. The first-order valence-electron chi connectivity index (χ1n) is 34.9. The van der Waals surface area contributed by atoms with Gasteiger partial charge in [0.25, 0.3) is 0 Å². The number of benzene rings is 10. The third-order valence-corrected chi connectivity index (χ3v) is 20.0. The number of anilines is 12. The molecule has 0 spiro atoms. The molecule has 0 amide bonds. The number of azo groups is 1. The minimum absolute atomic E-state index is 0.393. The SMILES string of the molecule is CCCN1c2cccc3c2C2(C#Cc4cccc(COc5ccc(N=Nc6ccc(OCc7cccc(C#CC89c%10c%11cccc%10N(CCC)c%10cccc(c%108)N(CCC)c8cccc(c89)N%11CCC)c7)cc6)cc5)c4)c4c1cccc4N(CCC)c1cccc(c12)N3CCC. The lowest BCUT2D eigenvalue weighted by molar-refractivity contribution is 0.306. The Morgan fingerprint density at radius 2 is 0.521 bits per heavy atom. The van der Waals surface area contributed by atoms with Gasteiger partial charge in [0.2, 0.25) is 0 Å². The second-order valence-electron chi connectivity index (χ2n) is 26.1. The molecule has 0 bridgehead atoms. The van der Waals surface area contributed by atoms with Crippen molar-refractivity contribution in [2.75, 3.05) is 68.7 Å². The molecule has 0 radical (unpaired) electrons. The number of hydrogen-bond donors (Lipinski definition) is 0. The van der Waals surface area contributed by atoms with Gasteiger partial charge in [-0.05, 0) is 195 Å². The van der Waals surface area contributed by atoms with E-state index in [1.54, 1.807) is 0 Å². The fraction of sp³-hybridized carbons (Fsp3) is 0.256. The van der Waals surface area contributed by atoms with Crippen molar-refractivity contribution in [2.45, 2.75) is 104 Å². The minimum Gasteiger partial charge on any atom is -0.489 e. The topological polar surface area (TPSA) is 62.6 Å². The smallest absolute Gasteiger partial charge is 0.119 e. The average Bonchev–Trinajstić information content (AvgIpc) is 0.672. The molecule has 10 aromatic carbocycles. The highest BCUT2D eigenvalue weighted by molar-refractivity contribution is 6.04. The largest absolute Gasteiger partial charge is 0.489 e. The van der Waals surface area contributed by atoms with E-state index in [1.165, 1.54) is 102 Å². The Labute approximate surface area is 566 Å². The monoisotopic (exact) mass is 1260 g/mol. The van der Waals surface area contributed by atoms with Crippen molar-refractivity contribution in [2.24, 2.45) is 10.2 Å². The first-order valence-corrected chi connectivity index (χ1v) is 34.9. The molecule has 6 heterocycles. The van der Waals surface area contributed by atoms with Crippen molar-refractivity contribution < 1.29 is 9.47 Å². The summed E-state index contributed by atoms with van der Waals surface area (Å²) in [6, 6.07) is 74.0. The molecule has 6 aliphatic heterocycles. The fourth-order valence-electron chi connectivity index (χ4n) is 16.3. The van der Waals surface area contributed by atoms with Gasteiger partial charge in [0.1, 0.15) is 35.5 Å². The third kappa shape index (κ3) is 9.62. The van der Waals surface area contributed by atoms with Crippen molar-refractivity contribution in [1.82, 2.24) is 0 Å². The van der Waals surface area contributed by atoms with Crippen LogP contribution >= 0.6 is 0 Å². The molecule has 96 heavy (non-hydrogen) atoms. The van der Waals surface area contributed by atoms with E-state index in [0.29, 0.717) is 13.2 Å². The molecule has 0 aromatic heterocycles. The van der Waals surface area contributed by atoms with E-state index in [2.05, 4.69) is 263 Å². The molecule has 16 rings (SSSR count). The predicted octanol–water partition coefficient (Wildman–Crippen LogP) is 21.2. The first kappa shape index (κ1) is 60.3. The summed E-state index contributed by atoms with van der Waals surface area (Å²) < 4.78 is 12.9. The Morgan fingerprint density at radius 3 is 0.750 bits per heavy atom. The molecule has 0 fully saturated rings. The summed E-state index contributed by atoms with van der Waals surface area (Å²) in [4.78, 5) is 15.4. The van der Waals surface area contributed by atoms with Crippen LogP contribution in [-0.4, -0.2) is 39.3 Å². The molecule has 10 nitrogen and oxygen atoms in total. The minimum atomic E-state index is -0.681. The van der Waals surface area contributed by atoms with Crippen molar-refractivity contribution in [3.8, 4) is 35.2 Å². The zero-order valence-electron chi connectivity index (χ0n) is 55.9. The molecular formula is C86H80N8O2. The lowest BCUT2D eigenvalue weighted by Gasteiger charge is -2.54. The molecule has 0 aliphatic carbocycles. The Morgan fingerprint density at radius 1 is 0.292 bits per heavy atom. The molecule has 0 N–H and O–H groups in total. The molecule has 10 heteroatoms. The normalized spacial score (nSPS) is 14.6. The molecule has 6 aliphatic rings. The standard InChI is InChI=1S/C86H80N8O2/c1-7-49-89-67-25-15-27-69-79(67)85(80-68(89)26-16-28-70(80)91(51-9-3)72-30-17-29-71(81(72)85)90(69)50-8-2)47-45-59-21-13-23-61(55-59)57-95-65-41-37-63(38-42-65)87-88-64-39-43-66(44-40-64)96-58-62-24-14-22-60(56-62)46-48-86-82-73-31-18-33-75(82)93(53-11-5)77-35-20-36-78(84(77)86)94(54-12-6)76-34-19-32-74(83(76)86)92(73)52-10-4/h13-44,55-56H,7-12,49-54,57-58H2,1-6H3. The molecule has 0 saturated carbocycles. The van der Waals surface area contributed by atoms with Gasteiger partial charge < -0.3 is 38.9 Å². The zero-order valence-corrected chi connectivity index (χ0v) is 55.9. The highest BCUT2D eigenvalue weighted by Crippen LogP contribution is 2.69. The van der Waals surface area contributed by atoms with E-state index in [1.807, 2.05) is 48.5 Å². The molecule has 0 unspecified atom stereocenters. The summed E-state index contributed by atoms with van der Waals surface area (Å²) in [5.74, 6) is 17.3. The molecule has 10 aromatic rings. The first-order chi connectivity index (χ1) is 47.3. The Balaban J connectivity index is 0.611. The molecule has 476 valence electrons. The molecule has 0 atom stereocenters. The maximum Gasteiger partial charge on any atom is 0.119 e.